The van der Waals surface area contributed by atoms with Crippen molar-refractivity contribution in [1.29, 1.82) is 0 Å². The minimum atomic E-state index is -0.162. The molecule has 0 saturated heterocycles. The molecule has 6 heteroatoms. The van der Waals surface area contributed by atoms with Crippen molar-refractivity contribution >= 4 is 28.6 Å². The lowest BCUT2D eigenvalue weighted by atomic mass is 9.99. The molecule has 3 aromatic carbocycles. The summed E-state index contributed by atoms with van der Waals surface area (Å²) in [4.78, 5) is 15.6. The average Bonchev–Trinajstić information content (AvgIpc) is 3.19. The van der Waals surface area contributed by atoms with Crippen LogP contribution in [0, 0.1) is 0 Å². The summed E-state index contributed by atoms with van der Waals surface area (Å²) < 4.78 is 11.6. The Morgan fingerprint density at radius 3 is 2.22 bits per heavy atom. The van der Waals surface area contributed by atoms with Gasteiger partial charge in [-0.3, -0.25) is 4.79 Å². The van der Waals surface area contributed by atoms with Gasteiger partial charge >= 0.3 is 0 Å². The molecule has 0 aromatic heterocycles. The summed E-state index contributed by atoms with van der Waals surface area (Å²) in [5, 5.41) is 6.56. The van der Waals surface area contributed by atoms with Crippen LogP contribution in [0.1, 0.15) is 43.9 Å². The van der Waals surface area contributed by atoms with Crippen LogP contribution in [0.2, 0.25) is 0 Å². The third-order valence-electron chi connectivity index (χ3n) is 6.02. The van der Waals surface area contributed by atoms with Crippen molar-refractivity contribution < 1.29 is 14.3 Å². The Balaban J connectivity index is 1.75. The van der Waals surface area contributed by atoms with Crippen LogP contribution < -0.4 is 20.1 Å². The highest BCUT2D eigenvalue weighted by Gasteiger charge is 2.30. The molecular formula is C30H35N3O3. The van der Waals surface area contributed by atoms with E-state index in [2.05, 4.69) is 53.8 Å². The second-order valence-electron chi connectivity index (χ2n) is 8.84. The number of nitrogens with zero attached hydrogens (tertiary/aromatic N) is 1. The predicted octanol–water partition coefficient (Wildman–Crippen LogP) is 6.26. The molecule has 1 aliphatic rings. The van der Waals surface area contributed by atoms with Crippen LogP contribution in [0.5, 0.6) is 11.5 Å². The maximum absolute atomic E-state index is 13.3. The van der Waals surface area contributed by atoms with Crippen LogP contribution >= 0.6 is 0 Å². The number of nitrogens with one attached hydrogen (secondary N) is 2. The summed E-state index contributed by atoms with van der Waals surface area (Å²) in [6, 6.07) is 22.1. The van der Waals surface area contributed by atoms with E-state index in [4.69, 9.17) is 9.47 Å². The number of benzene rings is 3. The zero-order chi connectivity index (χ0) is 25.5. The molecule has 0 bridgehead atoms. The standard InChI is InChI=1S/C30H35N3O3/c1-5-17-33(4)20-21-13-15-23(16-14-21)31-29(22-11-9-8-10-12-22)28-24-18-26(35-6-2)27(36-7-3)19-25(24)32-30(28)34/h8-16,18-19,31H,5-7,17,20H2,1-4H3,(H,32,34). The molecule has 1 aliphatic heterocycles. The summed E-state index contributed by atoms with van der Waals surface area (Å²) >= 11 is 0. The monoisotopic (exact) mass is 485 g/mol. The first-order valence-electron chi connectivity index (χ1n) is 12.6. The van der Waals surface area contributed by atoms with Crippen molar-refractivity contribution in [3.05, 3.63) is 83.4 Å². The molecule has 36 heavy (non-hydrogen) atoms. The Morgan fingerprint density at radius 2 is 1.58 bits per heavy atom. The third-order valence-corrected chi connectivity index (χ3v) is 6.02. The van der Waals surface area contributed by atoms with Gasteiger partial charge in [-0.05, 0) is 63.2 Å². The number of fused-ring (bicyclic) bond motifs is 1. The van der Waals surface area contributed by atoms with E-state index < -0.39 is 0 Å². The van der Waals surface area contributed by atoms with E-state index in [1.807, 2.05) is 56.3 Å². The smallest absolute Gasteiger partial charge is 0.258 e. The number of amides is 1. The van der Waals surface area contributed by atoms with Gasteiger partial charge in [-0.15, -0.1) is 0 Å². The topological polar surface area (TPSA) is 62.8 Å². The molecule has 0 spiro atoms. The molecule has 1 heterocycles. The number of carbonyl (C=O) groups excluding carboxylic acids is 1. The molecule has 0 unspecified atom stereocenters. The Labute approximate surface area is 213 Å². The van der Waals surface area contributed by atoms with Crippen molar-refractivity contribution in [2.24, 2.45) is 0 Å². The highest BCUT2D eigenvalue weighted by molar-refractivity contribution is 6.37. The lowest BCUT2D eigenvalue weighted by Gasteiger charge is -2.17. The van der Waals surface area contributed by atoms with Crippen molar-refractivity contribution in [1.82, 2.24) is 4.90 Å². The molecular weight excluding hydrogens is 450 g/mol. The van der Waals surface area contributed by atoms with E-state index in [-0.39, 0.29) is 5.91 Å². The quantitative estimate of drug-likeness (QED) is 0.314. The van der Waals surface area contributed by atoms with Gasteiger partial charge in [0.15, 0.2) is 11.5 Å². The van der Waals surface area contributed by atoms with Gasteiger partial charge in [-0.2, -0.15) is 0 Å². The summed E-state index contributed by atoms with van der Waals surface area (Å²) in [6.45, 7) is 9.03. The first-order valence-corrected chi connectivity index (χ1v) is 12.6. The van der Waals surface area contributed by atoms with E-state index in [0.29, 0.717) is 36.0 Å². The maximum atomic E-state index is 13.3. The van der Waals surface area contributed by atoms with E-state index >= 15 is 0 Å². The van der Waals surface area contributed by atoms with Gasteiger partial charge in [0.1, 0.15) is 0 Å². The van der Waals surface area contributed by atoms with Gasteiger partial charge in [0, 0.05) is 23.9 Å². The van der Waals surface area contributed by atoms with Crippen molar-refractivity contribution in [2.45, 2.75) is 33.7 Å². The summed E-state index contributed by atoms with van der Waals surface area (Å²) in [6.07, 6.45) is 1.13. The fraction of sp³-hybridized carbons (Fsp3) is 0.300. The lowest BCUT2D eigenvalue weighted by Crippen LogP contribution is -2.18. The van der Waals surface area contributed by atoms with Gasteiger partial charge in [-0.25, -0.2) is 0 Å². The van der Waals surface area contributed by atoms with Crippen LogP contribution in [-0.2, 0) is 11.3 Å². The van der Waals surface area contributed by atoms with Gasteiger partial charge in [0.05, 0.1) is 30.2 Å². The summed E-state index contributed by atoms with van der Waals surface area (Å²) in [5.41, 5.74) is 5.91. The van der Waals surface area contributed by atoms with E-state index in [9.17, 15) is 4.79 Å². The Morgan fingerprint density at radius 1 is 0.917 bits per heavy atom. The normalized spacial score (nSPS) is 13.9. The Kier molecular flexibility index (Phi) is 8.28. The highest BCUT2D eigenvalue weighted by atomic mass is 16.5. The Hall–Kier alpha value is -3.77. The minimum Gasteiger partial charge on any atom is -0.490 e. The molecule has 0 radical (unpaired) electrons. The zero-order valence-electron chi connectivity index (χ0n) is 21.6. The number of hydrogen-bond acceptors (Lipinski definition) is 5. The molecule has 1 amide bonds. The SMILES string of the molecule is CCCN(C)Cc1ccc(NC(=C2C(=O)Nc3cc(OCC)c(OCC)cc32)c2ccccc2)cc1. The molecule has 2 N–H and O–H groups in total. The van der Waals surface area contributed by atoms with Gasteiger partial charge in [0.25, 0.3) is 5.91 Å². The van der Waals surface area contributed by atoms with Crippen molar-refractivity contribution in [3.8, 4) is 11.5 Å². The lowest BCUT2D eigenvalue weighted by molar-refractivity contribution is -0.110. The number of hydrogen-bond donors (Lipinski definition) is 2. The van der Waals surface area contributed by atoms with Gasteiger partial charge in [-0.1, -0.05) is 49.4 Å². The molecule has 0 fully saturated rings. The molecule has 0 saturated carbocycles. The van der Waals surface area contributed by atoms with Gasteiger partial charge < -0.3 is 25.0 Å². The maximum Gasteiger partial charge on any atom is 0.258 e. The number of ether oxygens (including phenoxy) is 2. The highest BCUT2D eigenvalue weighted by Crippen LogP contribution is 2.43. The number of rotatable bonds is 11. The summed E-state index contributed by atoms with van der Waals surface area (Å²) in [5.74, 6) is 1.09. The second-order valence-corrected chi connectivity index (χ2v) is 8.84. The Bertz CT molecular complexity index is 1220. The summed E-state index contributed by atoms with van der Waals surface area (Å²) in [7, 11) is 2.14. The fourth-order valence-corrected chi connectivity index (χ4v) is 4.46. The molecule has 3 aromatic rings. The van der Waals surface area contributed by atoms with Gasteiger partial charge in [0.2, 0.25) is 0 Å². The first-order chi connectivity index (χ1) is 17.5. The second kappa shape index (κ2) is 11.8. The van der Waals surface area contributed by atoms with E-state index in [0.717, 1.165) is 42.0 Å². The minimum absolute atomic E-state index is 0.162. The van der Waals surface area contributed by atoms with E-state index in [1.54, 1.807) is 0 Å². The largest absolute Gasteiger partial charge is 0.490 e. The van der Waals surface area contributed by atoms with Crippen LogP contribution in [0.15, 0.2) is 66.7 Å². The average molecular weight is 486 g/mol. The fourth-order valence-electron chi connectivity index (χ4n) is 4.46. The molecule has 4 rings (SSSR count). The first kappa shape index (κ1) is 25.3. The van der Waals surface area contributed by atoms with Crippen LogP contribution in [0.25, 0.3) is 11.3 Å². The predicted molar refractivity (Wildman–Crippen MR) is 147 cm³/mol. The molecule has 0 aliphatic carbocycles. The third kappa shape index (κ3) is 5.71. The number of anilines is 2. The molecule has 188 valence electrons. The molecule has 0 atom stereocenters. The number of carbonyl (C=O) groups is 1. The van der Waals surface area contributed by atoms with E-state index in [1.165, 1.54) is 5.56 Å². The van der Waals surface area contributed by atoms with Crippen LogP contribution in [0.4, 0.5) is 11.4 Å². The molecule has 6 nitrogen and oxygen atoms in total. The van der Waals surface area contributed by atoms with Crippen LogP contribution in [-0.4, -0.2) is 37.6 Å². The zero-order valence-corrected chi connectivity index (χ0v) is 21.6. The van der Waals surface area contributed by atoms with Crippen molar-refractivity contribution in [2.75, 3.05) is 37.4 Å². The van der Waals surface area contributed by atoms with Crippen LogP contribution in [0.3, 0.4) is 0 Å². The van der Waals surface area contributed by atoms with Crippen molar-refractivity contribution in [3.63, 3.8) is 0 Å².